The number of ether oxygens (including phenoxy) is 1. The number of anilines is 1. The SMILES string of the molecule is COc1ccccc1N(C)S(=O)(=O)c1ccc(C(=O)NCCCN)cc1.Cl. The summed E-state index contributed by atoms with van der Waals surface area (Å²) >= 11 is 0. The van der Waals surface area contributed by atoms with Gasteiger partial charge in [0.25, 0.3) is 15.9 Å². The molecule has 2 rings (SSSR count). The number of amides is 1. The van der Waals surface area contributed by atoms with E-state index in [1.165, 1.54) is 38.4 Å². The molecule has 0 fully saturated rings. The molecule has 0 spiro atoms. The number of halogens is 1. The van der Waals surface area contributed by atoms with Gasteiger partial charge in [-0.3, -0.25) is 9.10 Å². The summed E-state index contributed by atoms with van der Waals surface area (Å²) in [5.74, 6) is 0.190. The first-order chi connectivity index (χ1) is 12.4. The molecule has 0 aliphatic heterocycles. The molecule has 0 unspecified atom stereocenters. The van der Waals surface area contributed by atoms with E-state index in [1.54, 1.807) is 24.3 Å². The Morgan fingerprint density at radius 2 is 1.78 bits per heavy atom. The second-order valence-corrected chi connectivity index (χ2v) is 7.54. The van der Waals surface area contributed by atoms with Gasteiger partial charge in [0, 0.05) is 19.2 Å². The van der Waals surface area contributed by atoms with Gasteiger partial charge in [-0.15, -0.1) is 12.4 Å². The van der Waals surface area contributed by atoms with Crippen LogP contribution in [0.5, 0.6) is 5.75 Å². The minimum absolute atomic E-state index is 0. The van der Waals surface area contributed by atoms with Crippen molar-refractivity contribution in [2.45, 2.75) is 11.3 Å². The number of hydrogen-bond acceptors (Lipinski definition) is 5. The fraction of sp³-hybridized carbons (Fsp3) is 0.278. The van der Waals surface area contributed by atoms with Crippen molar-refractivity contribution in [1.29, 1.82) is 0 Å². The van der Waals surface area contributed by atoms with Crippen molar-refractivity contribution in [2.75, 3.05) is 31.6 Å². The normalized spacial score (nSPS) is 10.6. The van der Waals surface area contributed by atoms with Crippen molar-refractivity contribution < 1.29 is 17.9 Å². The molecule has 2 aromatic rings. The Bertz CT molecular complexity index is 857. The van der Waals surface area contributed by atoms with Gasteiger partial charge in [0.15, 0.2) is 0 Å². The predicted octanol–water partition coefficient (Wildman–Crippen LogP) is 2.02. The second kappa shape index (κ2) is 10.1. The molecule has 3 N–H and O–H groups in total. The van der Waals surface area contributed by atoms with Crippen LogP contribution in [-0.4, -0.2) is 41.6 Å². The Morgan fingerprint density at radius 3 is 2.37 bits per heavy atom. The first-order valence-electron chi connectivity index (χ1n) is 8.12. The molecule has 0 aliphatic rings. The molecule has 0 atom stereocenters. The summed E-state index contributed by atoms with van der Waals surface area (Å²) < 4.78 is 32.1. The average molecular weight is 414 g/mol. The zero-order chi connectivity index (χ0) is 19.2. The highest BCUT2D eigenvalue weighted by Crippen LogP contribution is 2.30. The van der Waals surface area contributed by atoms with Crippen LogP contribution in [-0.2, 0) is 10.0 Å². The number of sulfonamides is 1. The third kappa shape index (κ3) is 5.35. The number of nitrogens with one attached hydrogen (secondary N) is 1. The van der Waals surface area contributed by atoms with Gasteiger partial charge < -0.3 is 15.8 Å². The van der Waals surface area contributed by atoms with E-state index in [-0.39, 0.29) is 23.2 Å². The molecule has 2 aromatic carbocycles. The lowest BCUT2D eigenvalue weighted by molar-refractivity contribution is 0.0953. The van der Waals surface area contributed by atoms with Gasteiger partial charge in [-0.2, -0.15) is 0 Å². The highest BCUT2D eigenvalue weighted by atomic mass is 35.5. The van der Waals surface area contributed by atoms with Crippen LogP contribution in [0.4, 0.5) is 5.69 Å². The van der Waals surface area contributed by atoms with Crippen molar-refractivity contribution in [3.63, 3.8) is 0 Å². The third-order valence-electron chi connectivity index (χ3n) is 3.87. The van der Waals surface area contributed by atoms with Gasteiger partial charge in [0.05, 0.1) is 17.7 Å². The van der Waals surface area contributed by atoms with Crippen LogP contribution < -0.4 is 20.1 Å². The number of benzene rings is 2. The van der Waals surface area contributed by atoms with Crippen molar-refractivity contribution in [1.82, 2.24) is 5.32 Å². The maximum atomic E-state index is 12.8. The van der Waals surface area contributed by atoms with Gasteiger partial charge in [0.1, 0.15) is 5.75 Å². The molecular weight excluding hydrogens is 390 g/mol. The topological polar surface area (TPSA) is 102 Å². The molecule has 7 nitrogen and oxygen atoms in total. The summed E-state index contributed by atoms with van der Waals surface area (Å²) in [6.45, 7) is 0.971. The van der Waals surface area contributed by atoms with E-state index in [0.29, 0.717) is 36.5 Å². The molecule has 0 radical (unpaired) electrons. The zero-order valence-corrected chi connectivity index (χ0v) is 16.8. The minimum atomic E-state index is -3.78. The molecule has 27 heavy (non-hydrogen) atoms. The summed E-state index contributed by atoms with van der Waals surface area (Å²) in [4.78, 5) is 12.1. The number of nitrogens with zero attached hydrogens (tertiary/aromatic N) is 1. The Morgan fingerprint density at radius 1 is 1.15 bits per heavy atom. The first-order valence-corrected chi connectivity index (χ1v) is 9.56. The van der Waals surface area contributed by atoms with Crippen LogP contribution >= 0.6 is 12.4 Å². The van der Waals surface area contributed by atoms with Crippen LogP contribution in [0.15, 0.2) is 53.4 Å². The van der Waals surface area contributed by atoms with E-state index in [1.807, 2.05) is 0 Å². The summed E-state index contributed by atoms with van der Waals surface area (Å²) in [6, 6.07) is 12.7. The highest BCUT2D eigenvalue weighted by Gasteiger charge is 2.23. The van der Waals surface area contributed by atoms with E-state index in [0.717, 1.165) is 4.31 Å². The fourth-order valence-electron chi connectivity index (χ4n) is 2.36. The van der Waals surface area contributed by atoms with Crippen molar-refractivity contribution in [2.24, 2.45) is 5.73 Å². The standard InChI is InChI=1S/C18H23N3O4S.ClH/c1-21(16-6-3-4-7-17(16)25-2)26(23,24)15-10-8-14(9-11-15)18(22)20-13-5-12-19;/h3-4,6-11H,5,12-13,19H2,1-2H3,(H,20,22);1H. The molecule has 0 aliphatic carbocycles. The molecule has 0 aromatic heterocycles. The highest BCUT2D eigenvalue weighted by molar-refractivity contribution is 7.92. The molecule has 0 saturated heterocycles. The lowest BCUT2D eigenvalue weighted by atomic mass is 10.2. The van der Waals surface area contributed by atoms with E-state index < -0.39 is 10.0 Å². The summed E-state index contributed by atoms with van der Waals surface area (Å²) in [5, 5.41) is 2.73. The monoisotopic (exact) mass is 413 g/mol. The van der Waals surface area contributed by atoms with Gasteiger partial charge in [0.2, 0.25) is 0 Å². The number of nitrogens with two attached hydrogens (primary N) is 1. The van der Waals surface area contributed by atoms with Crippen molar-refractivity contribution in [3.05, 3.63) is 54.1 Å². The largest absolute Gasteiger partial charge is 0.495 e. The van der Waals surface area contributed by atoms with Gasteiger partial charge in [-0.1, -0.05) is 12.1 Å². The minimum Gasteiger partial charge on any atom is -0.495 e. The number of rotatable bonds is 8. The molecule has 9 heteroatoms. The quantitative estimate of drug-likeness (QED) is 0.644. The van der Waals surface area contributed by atoms with Crippen LogP contribution in [0.2, 0.25) is 0 Å². The van der Waals surface area contributed by atoms with Crippen LogP contribution in [0.3, 0.4) is 0 Å². The fourth-order valence-corrected chi connectivity index (χ4v) is 3.57. The van der Waals surface area contributed by atoms with Crippen LogP contribution in [0, 0.1) is 0 Å². The Hall–Kier alpha value is -2.29. The van der Waals surface area contributed by atoms with Gasteiger partial charge in [-0.25, -0.2) is 8.42 Å². The smallest absolute Gasteiger partial charge is 0.264 e. The summed E-state index contributed by atoms with van der Waals surface area (Å²) in [5.41, 5.74) is 6.21. The Balaban J connectivity index is 0.00000364. The molecule has 148 valence electrons. The number of carbonyl (C=O) groups is 1. The van der Waals surface area contributed by atoms with Crippen LogP contribution in [0.1, 0.15) is 16.8 Å². The maximum absolute atomic E-state index is 12.8. The first kappa shape index (κ1) is 22.8. The number of carbonyl (C=O) groups excluding carboxylic acids is 1. The Labute approximate surface area is 166 Å². The van der Waals surface area contributed by atoms with E-state index >= 15 is 0 Å². The molecule has 0 heterocycles. The average Bonchev–Trinajstić information content (AvgIpc) is 2.67. The lowest BCUT2D eigenvalue weighted by Crippen LogP contribution is -2.28. The van der Waals surface area contributed by atoms with Crippen LogP contribution in [0.25, 0.3) is 0 Å². The molecular formula is C18H24ClN3O4S. The Kier molecular flexibility index (Phi) is 8.55. The van der Waals surface area contributed by atoms with E-state index in [2.05, 4.69) is 5.32 Å². The molecule has 0 bridgehead atoms. The van der Waals surface area contributed by atoms with E-state index in [4.69, 9.17) is 10.5 Å². The lowest BCUT2D eigenvalue weighted by Gasteiger charge is -2.21. The van der Waals surface area contributed by atoms with Gasteiger partial charge >= 0.3 is 0 Å². The second-order valence-electron chi connectivity index (χ2n) is 5.57. The maximum Gasteiger partial charge on any atom is 0.264 e. The van der Waals surface area contributed by atoms with E-state index in [9.17, 15) is 13.2 Å². The van der Waals surface area contributed by atoms with Gasteiger partial charge in [-0.05, 0) is 49.4 Å². The predicted molar refractivity (Wildman–Crippen MR) is 108 cm³/mol. The number of methoxy groups -OCH3 is 1. The number of hydrogen-bond donors (Lipinski definition) is 2. The zero-order valence-electron chi connectivity index (χ0n) is 15.2. The third-order valence-corrected chi connectivity index (χ3v) is 5.65. The molecule has 1 amide bonds. The summed E-state index contributed by atoms with van der Waals surface area (Å²) in [6.07, 6.45) is 0.682. The molecule has 0 saturated carbocycles. The van der Waals surface area contributed by atoms with Crippen molar-refractivity contribution in [3.8, 4) is 5.75 Å². The number of para-hydroxylation sites is 2. The van der Waals surface area contributed by atoms with Crippen molar-refractivity contribution >= 4 is 34.0 Å². The summed E-state index contributed by atoms with van der Waals surface area (Å²) in [7, 11) is -0.840.